The second-order valence-electron chi connectivity index (χ2n) is 7.84. The molecule has 1 heterocycles. The molecule has 0 saturated heterocycles. The number of esters is 1. The highest BCUT2D eigenvalue weighted by atomic mass is 32.2. The van der Waals surface area contributed by atoms with Gasteiger partial charge in [0.05, 0.1) is 24.8 Å². The minimum absolute atomic E-state index is 0.0433. The van der Waals surface area contributed by atoms with Crippen LogP contribution in [-0.4, -0.2) is 35.3 Å². The first-order valence-corrected chi connectivity index (χ1v) is 11.8. The number of aromatic hydroxyl groups is 1. The fourth-order valence-corrected chi connectivity index (χ4v) is 5.00. The fraction of sp³-hybridized carbons (Fsp3) is 0.333. The van der Waals surface area contributed by atoms with E-state index >= 15 is 0 Å². The van der Waals surface area contributed by atoms with Crippen molar-refractivity contribution in [1.29, 1.82) is 5.41 Å². The van der Waals surface area contributed by atoms with Crippen LogP contribution < -0.4 is 15.8 Å². The topological polar surface area (TPSA) is 123 Å². The molecule has 1 aliphatic carbocycles. The fourth-order valence-electron chi connectivity index (χ4n) is 4.03. The molecule has 1 saturated carbocycles. The number of methoxy groups -OCH3 is 1. The normalized spacial score (nSPS) is 13.2. The molecule has 3 aromatic rings. The number of fused-ring (bicyclic) bond motifs is 1. The molecule has 0 amide bonds. The zero-order valence-corrected chi connectivity index (χ0v) is 19.5. The SMILES string of the molecule is CCOC(=O)c1c(CSc2cccc(OC)c2)n(C2CC2)c2ccc(O)c(CNC(=N)N)c12. The van der Waals surface area contributed by atoms with Crippen LogP contribution in [0.1, 0.15) is 47.4 Å². The quantitative estimate of drug-likeness (QED) is 0.161. The Morgan fingerprint density at radius 3 is 2.79 bits per heavy atom. The molecular weight excluding hydrogens is 440 g/mol. The Morgan fingerprint density at radius 1 is 1.33 bits per heavy atom. The molecule has 5 N–H and O–H groups in total. The third kappa shape index (κ3) is 4.73. The van der Waals surface area contributed by atoms with Gasteiger partial charge >= 0.3 is 5.97 Å². The summed E-state index contributed by atoms with van der Waals surface area (Å²) in [6.07, 6.45) is 2.07. The molecule has 1 aliphatic rings. The van der Waals surface area contributed by atoms with E-state index in [0.717, 1.165) is 34.7 Å². The van der Waals surface area contributed by atoms with Gasteiger partial charge in [-0.1, -0.05) is 6.07 Å². The van der Waals surface area contributed by atoms with Gasteiger partial charge in [0.2, 0.25) is 0 Å². The van der Waals surface area contributed by atoms with E-state index in [1.165, 1.54) is 0 Å². The maximum atomic E-state index is 13.2. The van der Waals surface area contributed by atoms with E-state index in [1.807, 2.05) is 30.3 Å². The van der Waals surface area contributed by atoms with Gasteiger partial charge in [0, 0.05) is 39.9 Å². The van der Waals surface area contributed by atoms with Crippen molar-refractivity contribution in [2.24, 2.45) is 5.73 Å². The number of guanidine groups is 1. The number of nitrogens with two attached hydrogens (primary N) is 1. The minimum Gasteiger partial charge on any atom is -0.508 e. The van der Waals surface area contributed by atoms with E-state index < -0.39 is 5.97 Å². The molecule has 174 valence electrons. The summed E-state index contributed by atoms with van der Waals surface area (Å²) in [6.45, 7) is 2.15. The van der Waals surface area contributed by atoms with E-state index in [0.29, 0.717) is 28.3 Å². The summed E-state index contributed by atoms with van der Waals surface area (Å²) in [4.78, 5) is 14.2. The molecular formula is C24H28N4O4S. The van der Waals surface area contributed by atoms with Gasteiger partial charge in [-0.25, -0.2) is 4.79 Å². The van der Waals surface area contributed by atoms with E-state index in [1.54, 1.807) is 31.9 Å². The lowest BCUT2D eigenvalue weighted by Gasteiger charge is -2.11. The zero-order valence-electron chi connectivity index (χ0n) is 18.7. The highest BCUT2D eigenvalue weighted by Gasteiger charge is 2.33. The van der Waals surface area contributed by atoms with Crippen LogP contribution >= 0.6 is 11.8 Å². The van der Waals surface area contributed by atoms with Gasteiger partial charge in [0.1, 0.15) is 11.5 Å². The van der Waals surface area contributed by atoms with Crippen LogP contribution in [0.25, 0.3) is 10.9 Å². The minimum atomic E-state index is -0.419. The average molecular weight is 469 g/mol. The number of ether oxygens (including phenoxy) is 2. The lowest BCUT2D eigenvalue weighted by molar-refractivity contribution is 0.0527. The molecule has 8 nitrogen and oxygen atoms in total. The molecule has 0 spiro atoms. The number of carbonyl (C=O) groups excluding carboxylic acids is 1. The Hall–Kier alpha value is -3.33. The molecule has 0 bridgehead atoms. The number of carbonyl (C=O) groups is 1. The number of hydrogen-bond donors (Lipinski definition) is 4. The molecule has 33 heavy (non-hydrogen) atoms. The van der Waals surface area contributed by atoms with Crippen molar-refractivity contribution in [3.63, 3.8) is 0 Å². The van der Waals surface area contributed by atoms with Crippen LogP contribution in [0.2, 0.25) is 0 Å². The largest absolute Gasteiger partial charge is 0.508 e. The van der Waals surface area contributed by atoms with Crippen molar-refractivity contribution in [3.8, 4) is 11.5 Å². The number of aromatic nitrogens is 1. The van der Waals surface area contributed by atoms with Crippen molar-refractivity contribution >= 4 is 34.6 Å². The summed E-state index contributed by atoms with van der Waals surface area (Å²) in [5.74, 6) is 0.738. The summed E-state index contributed by atoms with van der Waals surface area (Å²) < 4.78 is 13.0. The predicted molar refractivity (Wildman–Crippen MR) is 129 cm³/mol. The molecule has 2 aromatic carbocycles. The Morgan fingerprint density at radius 2 is 2.12 bits per heavy atom. The van der Waals surface area contributed by atoms with Crippen LogP contribution in [0.3, 0.4) is 0 Å². The van der Waals surface area contributed by atoms with Gasteiger partial charge in [-0.05, 0) is 50.1 Å². The van der Waals surface area contributed by atoms with Crippen LogP contribution in [0, 0.1) is 5.41 Å². The molecule has 0 unspecified atom stereocenters. The lowest BCUT2D eigenvalue weighted by atomic mass is 10.0. The van der Waals surface area contributed by atoms with Gasteiger partial charge in [-0.3, -0.25) is 5.41 Å². The Bertz CT molecular complexity index is 1200. The van der Waals surface area contributed by atoms with E-state index in [9.17, 15) is 9.90 Å². The first-order chi connectivity index (χ1) is 15.9. The summed E-state index contributed by atoms with van der Waals surface area (Å²) in [5.41, 5.74) is 8.22. The highest BCUT2D eigenvalue weighted by molar-refractivity contribution is 7.98. The number of phenols is 1. The second kappa shape index (κ2) is 9.66. The van der Waals surface area contributed by atoms with Crippen molar-refractivity contribution < 1.29 is 19.4 Å². The van der Waals surface area contributed by atoms with Crippen LogP contribution in [-0.2, 0) is 17.0 Å². The summed E-state index contributed by atoms with van der Waals surface area (Å²) >= 11 is 1.61. The molecule has 4 rings (SSSR count). The monoisotopic (exact) mass is 468 g/mol. The molecule has 0 atom stereocenters. The Balaban J connectivity index is 1.86. The standard InChI is InChI=1S/C24H28N4O4S/c1-3-32-23(30)22-19(13-33-16-6-4-5-15(11-16)31-2)28(14-7-8-14)18-9-10-20(29)17(21(18)22)12-27-24(25)26/h4-6,9-11,14,29H,3,7-8,12-13H2,1-2H3,(H4,25,26,27). The first-order valence-electron chi connectivity index (χ1n) is 10.8. The second-order valence-corrected chi connectivity index (χ2v) is 8.88. The molecule has 9 heteroatoms. The van der Waals surface area contributed by atoms with Crippen LogP contribution in [0.15, 0.2) is 41.3 Å². The Labute approximate surface area is 196 Å². The molecule has 1 fully saturated rings. The van der Waals surface area contributed by atoms with Crippen molar-refractivity contribution in [3.05, 3.63) is 53.2 Å². The van der Waals surface area contributed by atoms with Crippen LogP contribution in [0.4, 0.5) is 0 Å². The number of nitrogens with zero attached hydrogens (tertiary/aromatic N) is 1. The molecule has 0 aliphatic heterocycles. The van der Waals surface area contributed by atoms with Crippen molar-refractivity contribution in [1.82, 2.24) is 9.88 Å². The average Bonchev–Trinajstić information content (AvgIpc) is 3.58. The van der Waals surface area contributed by atoms with Gasteiger partial charge < -0.3 is 30.2 Å². The summed E-state index contributed by atoms with van der Waals surface area (Å²) in [7, 11) is 1.64. The molecule has 0 radical (unpaired) electrons. The van der Waals surface area contributed by atoms with Gasteiger partial charge in [0.15, 0.2) is 5.96 Å². The number of hydrogen-bond acceptors (Lipinski definition) is 6. The third-order valence-corrected chi connectivity index (χ3v) is 6.62. The number of nitrogens with one attached hydrogen (secondary N) is 2. The van der Waals surface area contributed by atoms with Gasteiger partial charge in [0.25, 0.3) is 0 Å². The Kier molecular flexibility index (Phi) is 6.69. The first kappa shape index (κ1) is 22.8. The highest BCUT2D eigenvalue weighted by Crippen LogP contribution is 2.45. The molecule has 1 aromatic heterocycles. The maximum Gasteiger partial charge on any atom is 0.340 e. The van der Waals surface area contributed by atoms with Crippen molar-refractivity contribution in [2.45, 2.75) is 43.0 Å². The van der Waals surface area contributed by atoms with E-state index in [2.05, 4.69) is 9.88 Å². The van der Waals surface area contributed by atoms with E-state index in [4.69, 9.17) is 20.6 Å². The zero-order chi connectivity index (χ0) is 23.5. The third-order valence-electron chi connectivity index (χ3n) is 5.62. The number of thioether (sulfide) groups is 1. The van der Waals surface area contributed by atoms with Gasteiger partial charge in [-0.2, -0.15) is 0 Å². The predicted octanol–water partition coefficient (Wildman–Crippen LogP) is 4.14. The smallest absolute Gasteiger partial charge is 0.340 e. The van der Waals surface area contributed by atoms with Crippen LogP contribution in [0.5, 0.6) is 11.5 Å². The lowest BCUT2D eigenvalue weighted by Crippen LogP contribution is -2.29. The number of phenolic OH excluding ortho intramolecular Hbond substituents is 1. The number of benzene rings is 2. The summed E-state index contributed by atoms with van der Waals surface area (Å²) in [5, 5.41) is 21.6. The van der Waals surface area contributed by atoms with E-state index in [-0.39, 0.29) is 24.9 Å². The summed E-state index contributed by atoms with van der Waals surface area (Å²) in [6, 6.07) is 11.6. The van der Waals surface area contributed by atoms with Crippen molar-refractivity contribution in [2.75, 3.05) is 13.7 Å². The van der Waals surface area contributed by atoms with Gasteiger partial charge in [-0.15, -0.1) is 11.8 Å². The maximum absolute atomic E-state index is 13.2. The number of rotatable bonds is 9.